The summed E-state index contributed by atoms with van der Waals surface area (Å²) in [7, 11) is 0. The van der Waals surface area contributed by atoms with Gasteiger partial charge in [-0.2, -0.15) is 0 Å². The molecule has 210 valence electrons. The minimum atomic E-state index is -1.56. The summed E-state index contributed by atoms with van der Waals surface area (Å²) in [5.41, 5.74) is -0.116. The standard InChI is InChI=1S/C25H44O11/c1-11-8-14(9-25(4,5)15(11)7-6-12(2)26)35-24-22(32)20(30)18(28)16(36-24)10-33-23-21(31)19(29)17(27)13(3)34-23/h11,13-24,27-32H,6-10H2,1-5H3/t11-,13+,14+,15+,16-,17+,18-,19-,20+,21-,22-,23-,24-/m1/s1. The van der Waals surface area contributed by atoms with E-state index < -0.39 is 61.4 Å². The number of Topliss-reactive ketones (excluding diaryl/α,β-unsaturated/α-hetero) is 1. The van der Waals surface area contributed by atoms with Crippen LogP contribution in [0.1, 0.15) is 60.3 Å². The Morgan fingerprint density at radius 3 is 2.11 bits per heavy atom. The Balaban J connectivity index is 1.61. The third kappa shape index (κ3) is 6.63. The molecule has 0 amide bonds. The summed E-state index contributed by atoms with van der Waals surface area (Å²) >= 11 is 0. The largest absolute Gasteiger partial charge is 0.388 e. The van der Waals surface area contributed by atoms with Gasteiger partial charge in [0.05, 0.1) is 18.8 Å². The summed E-state index contributed by atoms with van der Waals surface area (Å²) in [6.45, 7) is 9.18. The van der Waals surface area contributed by atoms with Crippen molar-refractivity contribution in [2.75, 3.05) is 6.61 Å². The van der Waals surface area contributed by atoms with Crippen molar-refractivity contribution in [3.63, 3.8) is 0 Å². The quantitative estimate of drug-likeness (QED) is 0.242. The van der Waals surface area contributed by atoms with Crippen LogP contribution in [-0.4, -0.2) is 111 Å². The summed E-state index contributed by atoms with van der Waals surface area (Å²) < 4.78 is 22.8. The second-order valence-electron chi connectivity index (χ2n) is 11.5. The van der Waals surface area contributed by atoms with Crippen LogP contribution in [0, 0.1) is 17.3 Å². The van der Waals surface area contributed by atoms with E-state index in [0.717, 1.165) is 6.42 Å². The van der Waals surface area contributed by atoms with Crippen molar-refractivity contribution < 1.29 is 54.4 Å². The lowest BCUT2D eigenvalue weighted by Crippen LogP contribution is -2.61. The van der Waals surface area contributed by atoms with Gasteiger partial charge in [-0.15, -0.1) is 0 Å². The SMILES string of the molecule is CC(=O)CC[C@H]1[C@H](C)C[C@H](O[C@@H]2O[C@H](CO[C@@H]3O[C@@H](C)[C@H](O)[C@@H](O)[C@H]3O)[C@@H](O)[C@H](O)[C@H]2O)CC1(C)C. The van der Waals surface area contributed by atoms with E-state index in [9.17, 15) is 35.4 Å². The maximum Gasteiger partial charge on any atom is 0.186 e. The predicted octanol–water partition coefficient (Wildman–Crippen LogP) is -0.535. The van der Waals surface area contributed by atoms with Crippen LogP contribution in [0.25, 0.3) is 0 Å². The molecule has 13 atom stereocenters. The monoisotopic (exact) mass is 520 g/mol. The first-order valence-electron chi connectivity index (χ1n) is 12.9. The van der Waals surface area contributed by atoms with Crippen LogP contribution < -0.4 is 0 Å². The van der Waals surface area contributed by atoms with Crippen molar-refractivity contribution in [2.45, 2.75) is 128 Å². The molecule has 36 heavy (non-hydrogen) atoms. The van der Waals surface area contributed by atoms with Crippen LogP contribution in [0.15, 0.2) is 0 Å². The van der Waals surface area contributed by atoms with Gasteiger partial charge < -0.3 is 54.4 Å². The van der Waals surface area contributed by atoms with Gasteiger partial charge in [0.2, 0.25) is 0 Å². The minimum Gasteiger partial charge on any atom is -0.388 e. The lowest BCUT2D eigenvalue weighted by atomic mass is 9.61. The smallest absolute Gasteiger partial charge is 0.186 e. The molecular weight excluding hydrogens is 476 g/mol. The van der Waals surface area contributed by atoms with Gasteiger partial charge in [-0.05, 0) is 50.4 Å². The van der Waals surface area contributed by atoms with Crippen LogP contribution in [0.5, 0.6) is 0 Å². The van der Waals surface area contributed by atoms with Gasteiger partial charge in [0.25, 0.3) is 0 Å². The molecule has 0 bridgehead atoms. The molecule has 1 aliphatic carbocycles. The Morgan fingerprint density at radius 2 is 1.50 bits per heavy atom. The van der Waals surface area contributed by atoms with Crippen molar-refractivity contribution in [1.29, 1.82) is 0 Å². The molecule has 0 spiro atoms. The van der Waals surface area contributed by atoms with E-state index in [4.69, 9.17) is 18.9 Å². The van der Waals surface area contributed by atoms with Crippen LogP contribution in [0.4, 0.5) is 0 Å². The lowest BCUT2D eigenvalue weighted by Gasteiger charge is -2.48. The number of hydrogen-bond donors (Lipinski definition) is 6. The number of carbonyl (C=O) groups is 1. The molecule has 3 rings (SSSR count). The highest BCUT2D eigenvalue weighted by atomic mass is 16.7. The Bertz CT molecular complexity index is 733. The molecule has 3 fully saturated rings. The Hall–Kier alpha value is -0.730. The zero-order valence-corrected chi connectivity index (χ0v) is 21.8. The highest BCUT2D eigenvalue weighted by molar-refractivity contribution is 5.75. The lowest BCUT2D eigenvalue weighted by molar-refractivity contribution is -0.336. The Kier molecular flexibility index (Phi) is 9.92. The molecule has 1 saturated carbocycles. The average Bonchev–Trinajstić information content (AvgIpc) is 2.79. The Labute approximate surface area is 212 Å². The van der Waals surface area contributed by atoms with Gasteiger partial charge in [-0.1, -0.05) is 20.8 Å². The van der Waals surface area contributed by atoms with E-state index in [-0.39, 0.29) is 29.8 Å². The van der Waals surface area contributed by atoms with Gasteiger partial charge in [-0.3, -0.25) is 0 Å². The van der Waals surface area contributed by atoms with Gasteiger partial charge in [0.1, 0.15) is 48.5 Å². The van der Waals surface area contributed by atoms with Crippen molar-refractivity contribution in [1.82, 2.24) is 0 Å². The van der Waals surface area contributed by atoms with Crippen molar-refractivity contribution >= 4 is 5.78 Å². The molecule has 2 heterocycles. The van der Waals surface area contributed by atoms with Crippen LogP contribution in [-0.2, 0) is 23.7 Å². The van der Waals surface area contributed by atoms with E-state index in [1.165, 1.54) is 6.92 Å². The van der Waals surface area contributed by atoms with Gasteiger partial charge in [0, 0.05) is 6.42 Å². The number of ketones is 1. The van der Waals surface area contributed by atoms with Crippen LogP contribution >= 0.6 is 0 Å². The first-order chi connectivity index (χ1) is 16.7. The second kappa shape index (κ2) is 12.0. The van der Waals surface area contributed by atoms with E-state index in [2.05, 4.69) is 20.8 Å². The molecule has 6 N–H and O–H groups in total. The second-order valence-corrected chi connectivity index (χ2v) is 11.5. The molecular formula is C25H44O11. The number of hydrogen-bond acceptors (Lipinski definition) is 11. The normalized spacial score (nSPS) is 47.5. The summed E-state index contributed by atoms with van der Waals surface area (Å²) in [5.74, 6) is 0.773. The Morgan fingerprint density at radius 1 is 0.889 bits per heavy atom. The maximum absolute atomic E-state index is 11.5. The van der Waals surface area contributed by atoms with Crippen molar-refractivity contribution in [2.24, 2.45) is 17.3 Å². The third-order valence-corrected chi connectivity index (χ3v) is 8.11. The molecule has 0 unspecified atom stereocenters. The summed E-state index contributed by atoms with van der Waals surface area (Å²) in [6, 6.07) is 0. The van der Waals surface area contributed by atoms with E-state index in [0.29, 0.717) is 25.2 Å². The molecule has 11 nitrogen and oxygen atoms in total. The molecule has 0 aromatic heterocycles. The fraction of sp³-hybridized carbons (Fsp3) is 0.960. The van der Waals surface area contributed by atoms with E-state index >= 15 is 0 Å². The summed E-state index contributed by atoms with van der Waals surface area (Å²) in [5, 5.41) is 61.4. The average molecular weight is 521 g/mol. The third-order valence-electron chi connectivity index (χ3n) is 8.11. The number of aliphatic hydroxyl groups excluding tert-OH is 6. The highest BCUT2D eigenvalue weighted by Gasteiger charge is 2.49. The fourth-order valence-corrected chi connectivity index (χ4v) is 6.01. The molecule has 0 aromatic rings. The van der Waals surface area contributed by atoms with Crippen molar-refractivity contribution in [3.8, 4) is 0 Å². The van der Waals surface area contributed by atoms with Gasteiger partial charge in [0.15, 0.2) is 12.6 Å². The predicted molar refractivity (Wildman–Crippen MR) is 125 cm³/mol. The van der Waals surface area contributed by atoms with E-state index in [1.807, 2.05) is 0 Å². The zero-order chi connectivity index (χ0) is 26.9. The van der Waals surface area contributed by atoms with Crippen molar-refractivity contribution in [3.05, 3.63) is 0 Å². The van der Waals surface area contributed by atoms with Gasteiger partial charge >= 0.3 is 0 Å². The summed E-state index contributed by atoms with van der Waals surface area (Å²) in [4.78, 5) is 11.5. The summed E-state index contributed by atoms with van der Waals surface area (Å²) in [6.07, 6.45) is -10.8. The topological polar surface area (TPSA) is 175 Å². The van der Waals surface area contributed by atoms with E-state index in [1.54, 1.807) is 6.92 Å². The molecule has 11 heteroatoms. The molecule has 2 aliphatic heterocycles. The minimum absolute atomic E-state index is 0.116. The molecule has 2 saturated heterocycles. The number of ether oxygens (including phenoxy) is 4. The number of aliphatic hydroxyl groups is 6. The molecule has 0 aromatic carbocycles. The highest BCUT2D eigenvalue weighted by Crippen LogP contribution is 2.47. The molecule has 3 aliphatic rings. The number of rotatable bonds is 8. The van der Waals surface area contributed by atoms with Gasteiger partial charge in [-0.25, -0.2) is 0 Å². The maximum atomic E-state index is 11.5. The fourth-order valence-electron chi connectivity index (χ4n) is 6.01. The zero-order valence-electron chi connectivity index (χ0n) is 21.8. The van der Waals surface area contributed by atoms with Crippen LogP contribution in [0.2, 0.25) is 0 Å². The van der Waals surface area contributed by atoms with Crippen LogP contribution in [0.3, 0.4) is 0 Å². The first kappa shape index (κ1) is 29.8. The first-order valence-corrected chi connectivity index (χ1v) is 12.9. The number of carbonyl (C=O) groups excluding carboxylic acids is 1. The molecule has 0 radical (unpaired) electrons.